The van der Waals surface area contributed by atoms with E-state index in [1.165, 1.54) is 0 Å². The first-order valence-electron chi connectivity index (χ1n) is 8.15. The van der Waals surface area contributed by atoms with E-state index in [0.717, 1.165) is 15.2 Å². The molecule has 1 heterocycles. The average Bonchev–Trinajstić information content (AvgIpc) is 3.03. The fraction of sp³-hybridized carbons (Fsp3) is 0.263. The van der Waals surface area contributed by atoms with Crippen molar-refractivity contribution in [2.75, 3.05) is 20.3 Å². The van der Waals surface area contributed by atoms with Crippen molar-refractivity contribution < 1.29 is 19.4 Å². The second-order valence-corrected chi connectivity index (χ2v) is 7.00. The first-order chi connectivity index (χ1) is 12.5. The van der Waals surface area contributed by atoms with Gasteiger partial charge in [-0.25, -0.2) is 4.98 Å². The summed E-state index contributed by atoms with van der Waals surface area (Å²) < 4.78 is 11.6. The molecule has 2 N–H and O–H groups in total. The van der Waals surface area contributed by atoms with E-state index in [2.05, 4.69) is 10.3 Å². The van der Waals surface area contributed by atoms with E-state index < -0.39 is 6.10 Å². The normalized spacial score (nSPS) is 12.0. The summed E-state index contributed by atoms with van der Waals surface area (Å²) >= 11 is 1.55. The Hall–Kier alpha value is -2.64. The van der Waals surface area contributed by atoms with Crippen molar-refractivity contribution in [3.05, 3.63) is 53.0 Å². The lowest BCUT2D eigenvalue weighted by Gasteiger charge is -2.14. The minimum absolute atomic E-state index is 0.0700. The van der Waals surface area contributed by atoms with Crippen LogP contribution in [0.5, 0.6) is 11.5 Å². The maximum atomic E-state index is 12.3. The van der Waals surface area contributed by atoms with Gasteiger partial charge in [-0.05, 0) is 37.3 Å². The minimum atomic E-state index is -0.820. The van der Waals surface area contributed by atoms with Crippen molar-refractivity contribution >= 4 is 27.5 Å². The number of carbonyl (C=O) groups excluding carboxylic acids is 1. The average molecular weight is 372 g/mol. The van der Waals surface area contributed by atoms with Gasteiger partial charge in [0.05, 0.1) is 22.3 Å². The summed E-state index contributed by atoms with van der Waals surface area (Å²) in [7, 11) is 1.58. The number of nitrogens with one attached hydrogen (secondary N) is 1. The third-order valence-electron chi connectivity index (χ3n) is 3.74. The number of benzene rings is 2. The molecule has 0 unspecified atom stereocenters. The molecule has 136 valence electrons. The first kappa shape index (κ1) is 18.2. The number of hydrogen-bond acceptors (Lipinski definition) is 6. The second kappa shape index (κ2) is 8.16. The predicted molar refractivity (Wildman–Crippen MR) is 101 cm³/mol. The van der Waals surface area contributed by atoms with E-state index in [0.29, 0.717) is 17.1 Å². The summed E-state index contributed by atoms with van der Waals surface area (Å²) in [4.78, 5) is 16.6. The van der Waals surface area contributed by atoms with Crippen molar-refractivity contribution in [3.8, 4) is 11.5 Å². The number of aryl methyl sites for hydroxylation is 1. The molecule has 1 amide bonds. The van der Waals surface area contributed by atoms with E-state index in [-0.39, 0.29) is 19.1 Å². The Balaban J connectivity index is 1.51. The highest BCUT2D eigenvalue weighted by Gasteiger charge is 2.11. The second-order valence-electron chi connectivity index (χ2n) is 5.77. The molecule has 3 aromatic rings. The molecule has 0 saturated carbocycles. The molecule has 0 spiro atoms. The van der Waals surface area contributed by atoms with Crippen LogP contribution < -0.4 is 14.8 Å². The highest BCUT2D eigenvalue weighted by atomic mass is 32.1. The molecule has 0 fully saturated rings. The van der Waals surface area contributed by atoms with Crippen LogP contribution in [-0.4, -0.2) is 42.4 Å². The Bertz CT molecular complexity index is 909. The number of nitrogens with zero attached hydrogens (tertiary/aromatic N) is 1. The first-order valence-corrected chi connectivity index (χ1v) is 8.97. The van der Waals surface area contributed by atoms with Crippen LogP contribution in [0.4, 0.5) is 0 Å². The largest absolute Gasteiger partial charge is 0.497 e. The summed E-state index contributed by atoms with van der Waals surface area (Å²) in [6.45, 7) is 2.10. The van der Waals surface area contributed by atoms with Gasteiger partial charge in [0, 0.05) is 18.2 Å². The van der Waals surface area contributed by atoms with E-state index in [9.17, 15) is 9.90 Å². The van der Waals surface area contributed by atoms with E-state index >= 15 is 0 Å². The number of hydrogen-bond donors (Lipinski definition) is 2. The molecule has 0 radical (unpaired) electrons. The quantitative estimate of drug-likeness (QED) is 0.667. The van der Waals surface area contributed by atoms with Crippen molar-refractivity contribution in [1.29, 1.82) is 0 Å². The van der Waals surface area contributed by atoms with Gasteiger partial charge in [-0.2, -0.15) is 0 Å². The van der Waals surface area contributed by atoms with Crippen LogP contribution in [0.25, 0.3) is 10.2 Å². The molecule has 1 aromatic heterocycles. The predicted octanol–water partition coefficient (Wildman–Crippen LogP) is 2.78. The monoisotopic (exact) mass is 372 g/mol. The highest BCUT2D eigenvalue weighted by Crippen LogP contribution is 2.22. The molecule has 0 aliphatic heterocycles. The third-order valence-corrected chi connectivity index (χ3v) is 4.67. The van der Waals surface area contributed by atoms with Gasteiger partial charge in [0.2, 0.25) is 0 Å². The maximum absolute atomic E-state index is 12.3. The summed E-state index contributed by atoms with van der Waals surface area (Å²) in [5.74, 6) is 1.04. The molecule has 3 rings (SSSR count). The van der Waals surface area contributed by atoms with Gasteiger partial charge in [0.15, 0.2) is 0 Å². The Morgan fingerprint density at radius 1 is 1.27 bits per heavy atom. The Morgan fingerprint density at radius 3 is 2.88 bits per heavy atom. The fourth-order valence-electron chi connectivity index (χ4n) is 2.44. The third kappa shape index (κ3) is 4.50. The van der Waals surface area contributed by atoms with Crippen molar-refractivity contribution in [2.45, 2.75) is 13.0 Å². The van der Waals surface area contributed by atoms with Crippen molar-refractivity contribution in [3.63, 3.8) is 0 Å². The minimum Gasteiger partial charge on any atom is -0.497 e. The molecular weight excluding hydrogens is 352 g/mol. The van der Waals surface area contributed by atoms with Crippen LogP contribution in [0.1, 0.15) is 15.4 Å². The Kier molecular flexibility index (Phi) is 5.70. The van der Waals surface area contributed by atoms with Gasteiger partial charge < -0.3 is 19.9 Å². The summed E-state index contributed by atoms with van der Waals surface area (Å²) in [6, 6.07) is 12.5. The molecule has 0 saturated heterocycles. The highest BCUT2D eigenvalue weighted by molar-refractivity contribution is 7.18. The molecule has 0 bridgehead atoms. The lowest BCUT2D eigenvalue weighted by Crippen LogP contribution is -2.35. The van der Waals surface area contributed by atoms with Crippen LogP contribution in [0.15, 0.2) is 42.5 Å². The molecule has 0 aliphatic rings. The molecule has 6 nitrogen and oxygen atoms in total. The summed E-state index contributed by atoms with van der Waals surface area (Å²) in [6.07, 6.45) is -0.820. The molecule has 7 heteroatoms. The topological polar surface area (TPSA) is 80.7 Å². The van der Waals surface area contributed by atoms with Gasteiger partial charge in [-0.1, -0.05) is 6.07 Å². The number of thiazole rings is 1. The standard InChI is InChI=1S/C19H20N2O4S/c1-12-21-17-7-6-13(8-18(17)26-12)19(23)20-10-14(22)11-25-16-5-3-4-15(9-16)24-2/h3-9,14,22H,10-11H2,1-2H3,(H,20,23)/t14-/m1/s1. The lowest BCUT2D eigenvalue weighted by atomic mass is 10.2. The molecule has 26 heavy (non-hydrogen) atoms. The number of rotatable bonds is 7. The van der Waals surface area contributed by atoms with Crippen molar-refractivity contribution in [1.82, 2.24) is 10.3 Å². The number of fused-ring (bicyclic) bond motifs is 1. The van der Waals surface area contributed by atoms with Crippen molar-refractivity contribution in [2.24, 2.45) is 0 Å². The van der Waals surface area contributed by atoms with Crippen LogP contribution in [0, 0.1) is 6.92 Å². The molecular formula is C19H20N2O4S. The van der Waals surface area contributed by atoms with E-state index in [4.69, 9.17) is 9.47 Å². The summed E-state index contributed by atoms with van der Waals surface area (Å²) in [5.41, 5.74) is 1.43. The lowest BCUT2D eigenvalue weighted by molar-refractivity contribution is 0.0843. The van der Waals surface area contributed by atoms with Crippen LogP contribution in [0.2, 0.25) is 0 Å². The number of methoxy groups -OCH3 is 1. The SMILES string of the molecule is COc1cccc(OC[C@H](O)CNC(=O)c2ccc3nc(C)sc3c2)c1. The maximum Gasteiger partial charge on any atom is 0.251 e. The molecule has 2 aromatic carbocycles. The zero-order valence-corrected chi connectivity index (χ0v) is 15.4. The number of aliphatic hydroxyl groups is 1. The van der Waals surface area contributed by atoms with E-state index in [1.807, 2.05) is 25.1 Å². The van der Waals surface area contributed by atoms with Crippen LogP contribution in [-0.2, 0) is 0 Å². The number of aliphatic hydroxyl groups excluding tert-OH is 1. The number of carbonyl (C=O) groups is 1. The number of amides is 1. The Morgan fingerprint density at radius 2 is 2.08 bits per heavy atom. The van der Waals surface area contributed by atoms with Gasteiger partial charge in [-0.15, -0.1) is 11.3 Å². The van der Waals surface area contributed by atoms with Crippen LogP contribution in [0.3, 0.4) is 0 Å². The van der Waals surface area contributed by atoms with Gasteiger partial charge in [0.25, 0.3) is 5.91 Å². The summed E-state index contributed by atoms with van der Waals surface area (Å²) in [5, 5.41) is 13.7. The van der Waals surface area contributed by atoms with E-state index in [1.54, 1.807) is 42.7 Å². The zero-order valence-electron chi connectivity index (χ0n) is 14.6. The molecule has 1 atom stereocenters. The van der Waals surface area contributed by atoms with Crippen LogP contribution >= 0.6 is 11.3 Å². The Labute approximate surface area is 155 Å². The van der Waals surface area contributed by atoms with Gasteiger partial charge >= 0.3 is 0 Å². The number of ether oxygens (including phenoxy) is 2. The fourth-order valence-corrected chi connectivity index (χ4v) is 3.30. The van der Waals surface area contributed by atoms with Gasteiger partial charge in [-0.3, -0.25) is 4.79 Å². The smallest absolute Gasteiger partial charge is 0.251 e. The zero-order chi connectivity index (χ0) is 18.5. The molecule has 0 aliphatic carbocycles. The van der Waals surface area contributed by atoms with Gasteiger partial charge in [0.1, 0.15) is 24.2 Å². The number of aromatic nitrogens is 1.